The van der Waals surface area contributed by atoms with Crippen LogP contribution in [0.4, 0.5) is 4.39 Å². The average Bonchev–Trinajstić information content (AvgIpc) is 3.19. The smallest absolute Gasteiger partial charge is 0.316 e. The molecule has 1 atom stereocenters. The van der Waals surface area contributed by atoms with Gasteiger partial charge >= 0.3 is 5.97 Å². The third-order valence-electron chi connectivity index (χ3n) is 3.64. The standard InChI is InChI=1S/C15H17FN2O2/c1-3-20-15(19)9(2)14-17-13-11(16)5-4-6-12(13)18(14)10-7-8-10/h4-6,9-10H,3,7-8H2,1-2H3. The zero-order valence-electron chi connectivity index (χ0n) is 11.6. The normalized spacial score (nSPS) is 16.4. The van der Waals surface area contributed by atoms with Gasteiger partial charge in [0.1, 0.15) is 17.3 Å². The number of hydrogen-bond donors (Lipinski definition) is 0. The van der Waals surface area contributed by atoms with Crippen molar-refractivity contribution in [2.24, 2.45) is 0 Å². The van der Waals surface area contributed by atoms with Gasteiger partial charge in [0.25, 0.3) is 0 Å². The van der Waals surface area contributed by atoms with Crippen LogP contribution in [0.3, 0.4) is 0 Å². The highest BCUT2D eigenvalue weighted by Crippen LogP contribution is 2.40. The van der Waals surface area contributed by atoms with E-state index in [1.165, 1.54) is 6.07 Å². The molecule has 1 aliphatic carbocycles. The highest BCUT2D eigenvalue weighted by molar-refractivity contribution is 5.81. The van der Waals surface area contributed by atoms with Crippen molar-refractivity contribution in [2.45, 2.75) is 38.6 Å². The van der Waals surface area contributed by atoms with Crippen LogP contribution in [-0.4, -0.2) is 22.1 Å². The van der Waals surface area contributed by atoms with Crippen molar-refractivity contribution in [1.82, 2.24) is 9.55 Å². The van der Waals surface area contributed by atoms with E-state index in [1.807, 2.05) is 10.6 Å². The molecule has 1 unspecified atom stereocenters. The number of fused-ring (bicyclic) bond motifs is 1. The number of nitrogens with zero attached hydrogens (tertiary/aromatic N) is 2. The van der Waals surface area contributed by atoms with Crippen LogP contribution in [-0.2, 0) is 9.53 Å². The van der Waals surface area contributed by atoms with Crippen LogP contribution in [0.1, 0.15) is 44.5 Å². The highest BCUT2D eigenvalue weighted by atomic mass is 19.1. The number of hydrogen-bond acceptors (Lipinski definition) is 3. The van der Waals surface area contributed by atoms with Gasteiger partial charge in [-0.15, -0.1) is 0 Å². The Bertz CT molecular complexity index is 661. The first-order chi connectivity index (χ1) is 9.63. The molecule has 1 saturated carbocycles. The Hall–Kier alpha value is -1.91. The van der Waals surface area contributed by atoms with Gasteiger partial charge in [-0.3, -0.25) is 4.79 Å². The number of imidazole rings is 1. The summed E-state index contributed by atoms with van der Waals surface area (Å²) in [4.78, 5) is 16.3. The van der Waals surface area contributed by atoms with Gasteiger partial charge < -0.3 is 9.30 Å². The Labute approximate surface area is 116 Å². The summed E-state index contributed by atoms with van der Waals surface area (Å²) in [6, 6.07) is 5.25. The summed E-state index contributed by atoms with van der Waals surface area (Å²) in [5.41, 5.74) is 1.10. The summed E-state index contributed by atoms with van der Waals surface area (Å²) >= 11 is 0. The van der Waals surface area contributed by atoms with Gasteiger partial charge in [-0.1, -0.05) is 6.07 Å². The summed E-state index contributed by atoms with van der Waals surface area (Å²) in [6.45, 7) is 3.87. The molecule has 0 saturated heterocycles. The van der Waals surface area contributed by atoms with Gasteiger partial charge in [0.2, 0.25) is 0 Å². The first kappa shape index (κ1) is 13.1. The maximum Gasteiger partial charge on any atom is 0.316 e. The van der Waals surface area contributed by atoms with Gasteiger partial charge in [-0.05, 0) is 38.8 Å². The number of halogens is 1. The first-order valence-electron chi connectivity index (χ1n) is 6.96. The number of esters is 1. The molecule has 5 heteroatoms. The Balaban J connectivity index is 2.12. The molecule has 0 bridgehead atoms. The fourth-order valence-corrected chi connectivity index (χ4v) is 2.50. The lowest BCUT2D eigenvalue weighted by Gasteiger charge is -2.13. The maximum atomic E-state index is 13.9. The number of carbonyl (C=O) groups excluding carboxylic acids is 1. The summed E-state index contributed by atoms with van der Waals surface area (Å²) in [7, 11) is 0. The lowest BCUT2D eigenvalue weighted by molar-refractivity contribution is -0.144. The lowest BCUT2D eigenvalue weighted by atomic mass is 10.1. The first-order valence-corrected chi connectivity index (χ1v) is 6.96. The van der Waals surface area contributed by atoms with Gasteiger partial charge in [0, 0.05) is 6.04 Å². The molecule has 0 amide bonds. The summed E-state index contributed by atoms with van der Waals surface area (Å²) in [5, 5.41) is 0. The second kappa shape index (κ2) is 4.89. The molecular weight excluding hydrogens is 259 g/mol. The SMILES string of the molecule is CCOC(=O)C(C)c1nc2c(F)cccc2n1C1CC1. The molecule has 4 nitrogen and oxygen atoms in total. The second-order valence-electron chi connectivity index (χ2n) is 5.15. The largest absolute Gasteiger partial charge is 0.465 e. The van der Waals surface area contributed by atoms with Crippen molar-refractivity contribution >= 4 is 17.0 Å². The van der Waals surface area contributed by atoms with E-state index in [9.17, 15) is 9.18 Å². The number of ether oxygens (including phenoxy) is 1. The van der Waals surface area contributed by atoms with Gasteiger partial charge in [-0.2, -0.15) is 0 Å². The third kappa shape index (κ3) is 2.07. The molecule has 1 fully saturated rings. The Kier molecular flexibility index (Phi) is 3.20. The molecule has 106 valence electrons. The molecule has 1 heterocycles. The molecule has 1 aromatic carbocycles. The van der Waals surface area contributed by atoms with Crippen LogP contribution in [0.2, 0.25) is 0 Å². The van der Waals surface area contributed by atoms with Crippen LogP contribution < -0.4 is 0 Å². The second-order valence-corrected chi connectivity index (χ2v) is 5.15. The predicted molar refractivity (Wildman–Crippen MR) is 73.0 cm³/mol. The van der Waals surface area contributed by atoms with Crippen LogP contribution in [0.5, 0.6) is 0 Å². The van der Waals surface area contributed by atoms with Gasteiger partial charge in [-0.25, -0.2) is 9.37 Å². The Morgan fingerprint density at radius 1 is 1.55 bits per heavy atom. The lowest BCUT2D eigenvalue weighted by Crippen LogP contribution is -2.17. The molecule has 0 spiro atoms. The van der Waals surface area contributed by atoms with Crippen LogP contribution in [0, 0.1) is 5.82 Å². The molecule has 0 N–H and O–H groups in total. The molecular formula is C15H17FN2O2. The van der Waals surface area contributed by atoms with Crippen molar-refractivity contribution in [3.63, 3.8) is 0 Å². The monoisotopic (exact) mass is 276 g/mol. The zero-order chi connectivity index (χ0) is 14.3. The van der Waals surface area contributed by atoms with Crippen molar-refractivity contribution in [3.05, 3.63) is 29.8 Å². The quantitative estimate of drug-likeness (QED) is 0.806. The van der Waals surface area contributed by atoms with Gasteiger partial charge in [0.05, 0.1) is 12.1 Å². The minimum absolute atomic E-state index is 0.315. The van der Waals surface area contributed by atoms with Gasteiger partial charge in [0.15, 0.2) is 5.82 Å². The Morgan fingerprint density at radius 2 is 2.30 bits per heavy atom. The molecule has 20 heavy (non-hydrogen) atoms. The Morgan fingerprint density at radius 3 is 2.95 bits per heavy atom. The fourth-order valence-electron chi connectivity index (χ4n) is 2.50. The van der Waals surface area contributed by atoms with E-state index in [1.54, 1.807) is 19.9 Å². The molecule has 1 aromatic heterocycles. The number of aromatic nitrogens is 2. The summed E-state index contributed by atoms with van der Waals surface area (Å²) in [5.74, 6) is -0.544. The van der Waals surface area contributed by atoms with Crippen molar-refractivity contribution in [1.29, 1.82) is 0 Å². The predicted octanol–water partition coefficient (Wildman–Crippen LogP) is 3.18. The summed E-state index contributed by atoms with van der Waals surface area (Å²) in [6.07, 6.45) is 2.09. The molecule has 3 rings (SSSR count). The van der Waals surface area contributed by atoms with E-state index in [-0.39, 0.29) is 11.8 Å². The van der Waals surface area contributed by atoms with Crippen LogP contribution in [0.25, 0.3) is 11.0 Å². The van der Waals surface area contributed by atoms with E-state index in [0.29, 0.717) is 24.0 Å². The van der Waals surface area contributed by atoms with E-state index in [2.05, 4.69) is 4.98 Å². The van der Waals surface area contributed by atoms with Crippen molar-refractivity contribution < 1.29 is 13.9 Å². The third-order valence-corrected chi connectivity index (χ3v) is 3.64. The molecule has 0 radical (unpaired) electrons. The molecule has 1 aliphatic rings. The van der Waals surface area contributed by atoms with E-state index >= 15 is 0 Å². The number of carbonyl (C=O) groups is 1. The molecule has 0 aliphatic heterocycles. The minimum Gasteiger partial charge on any atom is -0.465 e. The van der Waals surface area contributed by atoms with Crippen molar-refractivity contribution in [2.75, 3.05) is 6.61 Å². The fraction of sp³-hybridized carbons (Fsp3) is 0.467. The zero-order valence-corrected chi connectivity index (χ0v) is 11.6. The van der Waals surface area contributed by atoms with E-state index in [4.69, 9.17) is 4.74 Å². The number of rotatable bonds is 4. The number of para-hydroxylation sites is 1. The molecule has 2 aromatic rings. The van der Waals surface area contributed by atoms with E-state index in [0.717, 1.165) is 18.4 Å². The number of benzene rings is 1. The minimum atomic E-state index is -0.484. The van der Waals surface area contributed by atoms with Crippen LogP contribution >= 0.6 is 0 Å². The van der Waals surface area contributed by atoms with E-state index < -0.39 is 5.92 Å². The maximum absolute atomic E-state index is 13.9. The topological polar surface area (TPSA) is 44.1 Å². The average molecular weight is 276 g/mol. The summed E-state index contributed by atoms with van der Waals surface area (Å²) < 4.78 is 20.9. The van der Waals surface area contributed by atoms with Crippen molar-refractivity contribution in [3.8, 4) is 0 Å². The van der Waals surface area contributed by atoms with Crippen LogP contribution in [0.15, 0.2) is 18.2 Å². The highest BCUT2D eigenvalue weighted by Gasteiger charge is 2.32.